The molecule has 2 heterocycles. The zero-order valence-electron chi connectivity index (χ0n) is 11.5. The van der Waals surface area contributed by atoms with E-state index in [9.17, 15) is 0 Å². The molecule has 2 aromatic heterocycles. The molecule has 0 saturated heterocycles. The third kappa shape index (κ3) is 3.32. The molecule has 2 rings (SSSR count). The first-order valence-electron chi connectivity index (χ1n) is 6.10. The maximum Gasteiger partial charge on any atom is 0.237 e. The average Bonchev–Trinajstić information content (AvgIpc) is 2.97. The van der Waals surface area contributed by atoms with Crippen molar-refractivity contribution < 1.29 is 4.52 Å². The molecule has 0 aliphatic rings. The second-order valence-corrected chi connectivity index (χ2v) is 5.42. The van der Waals surface area contributed by atoms with Crippen LogP contribution in [-0.4, -0.2) is 32.0 Å². The van der Waals surface area contributed by atoms with E-state index in [0.717, 1.165) is 16.8 Å². The predicted molar refractivity (Wildman–Crippen MR) is 71.7 cm³/mol. The van der Waals surface area contributed by atoms with Gasteiger partial charge in [-0.15, -0.1) is 10.2 Å². The van der Waals surface area contributed by atoms with Crippen LogP contribution in [0.3, 0.4) is 0 Å². The topological polar surface area (TPSA) is 81.7 Å². The lowest BCUT2D eigenvalue weighted by molar-refractivity contribution is 0.382. The van der Waals surface area contributed by atoms with Gasteiger partial charge < -0.3 is 14.4 Å². The van der Waals surface area contributed by atoms with Gasteiger partial charge in [0.2, 0.25) is 5.89 Å². The predicted octanol–water partition coefficient (Wildman–Crippen LogP) is 1.33. The fourth-order valence-corrected chi connectivity index (χ4v) is 2.24. The van der Waals surface area contributed by atoms with Crippen LogP contribution in [0.4, 0.5) is 0 Å². The molecular formula is C11H18N6OS. The van der Waals surface area contributed by atoms with Crippen molar-refractivity contribution in [2.75, 3.05) is 7.05 Å². The Balaban J connectivity index is 1.98. The number of hydrogen-bond donors (Lipinski definition) is 1. The monoisotopic (exact) mass is 282 g/mol. The number of aromatic nitrogens is 5. The minimum atomic E-state index is 0.277. The summed E-state index contributed by atoms with van der Waals surface area (Å²) in [5.74, 6) is 3.14. The lowest BCUT2D eigenvalue weighted by Gasteiger charge is -2.01. The van der Waals surface area contributed by atoms with Gasteiger partial charge in [0.05, 0.1) is 12.3 Å². The maximum atomic E-state index is 5.19. The average molecular weight is 282 g/mol. The summed E-state index contributed by atoms with van der Waals surface area (Å²) in [6.07, 6.45) is 0. The van der Waals surface area contributed by atoms with Crippen LogP contribution in [-0.2, 0) is 19.3 Å². The third-order valence-corrected chi connectivity index (χ3v) is 3.59. The number of rotatable bonds is 6. The van der Waals surface area contributed by atoms with Crippen LogP contribution in [0, 0.1) is 0 Å². The van der Waals surface area contributed by atoms with Crippen LogP contribution in [0.5, 0.6) is 0 Å². The molecule has 1 N–H and O–H groups in total. The van der Waals surface area contributed by atoms with Gasteiger partial charge in [-0.25, -0.2) is 0 Å². The summed E-state index contributed by atoms with van der Waals surface area (Å²) in [6, 6.07) is 0. The Morgan fingerprint density at radius 1 is 1.37 bits per heavy atom. The van der Waals surface area contributed by atoms with Crippen LogP contribution < -0.4 is 5.32 Å². The van der Waals surface area contributed by atoms with Gasteiger partial charge in [-0.1, -0.05) is 30.8 Å². The van der Waals surface area contributed by atoms with E-state index in [1.807, 2.05) is 32.5 Å². The largest absolute Gasteiger partial charge is 0.338 e. The van der Waals surface area contributed by atoms with E-state index in [2.05, 4.69) is 25.7 Å². The Kier molecular flexibility index (Phi) is 4.54. The van der Waals surface area contributed by atoms with Crippen LogP contribution >= 0.6 is 11.8 Å². The molecule has 0 unspecified atom stereocenters. The molecule has 0 atom stereocenters. The van der Waals surface area contributed by atoms with E-state index in [1.165, 1.54) is 11.8 Å². The lowest BCUT2D eigenvalue weighted by Crippen LogP contribution is -2.10. The van der Waals surface area contributed by atoms with E-state index in [0.29, 0.717) is 18.2 Å². The second-order valence-electron chi connectivity index (χ2n) is 4.48. The molecule has 0 aromatic carbocycles. The first-order valence-corrected chi connectivity index (χ1v) is 7.08. The Morgan fingerprint density at radius 3 is 2.79 bits per heavy atom. The van der Waals surface area contributed by atoms with Crippen LogP contribution in [0.25, 0.3) is 0 Å². The maximum absolute atomic E-state index is 5.19. The van der Waals surface area contributed by atoms with Gasteiger partial charge in [0.15, 0.2) is 11.0 Å². The SMILES string of the molecule is CNCc1nnc(SCc2nc(C(C)C)no2)n1C. The fraction of sp³-hybridized carbons (Fsp3) is 0.636. The smallest absolute Gasteiger partial charge is 0.237 e. The third-order valence-electron chi connectivity index (χ3n) is 2.58. The van der Waals surface area contributed by atoms with Crippen molar-refractivity contribution in [2.24, 2.45) is 7.05 Å². The first-order chi connectivity index (χ1) is 9.11. The van der Waals surface area contributed by atoms with Crippen LogP contribution in [0.15, 0.2) is 9.68 Å². The normalized spacial score (nSPS) is 11.4. The molecule has 0 fully saturated rings. The van der Waals surface area contributed by atoms with Crippen molar-refractivity contribution >= 4 is 11.8 Å². The van der Waals surface area contributed by atoms with Gasteiger partial charge in [-0.05, 0) is 7.05 Å². The Morgan fingerprint density at radius 2 is 2.16 bits per heavy atom. The van der Waals surface area contributed by atoms with Gasteiger partial charge >= 0.3 is 0 Å². The summed E-state index contributed by atoms with van der Waals surface area (Å²) < 4.78 is 7.15. The highest BCUT2D eigenvalue weighted by molar-refractivity contribution is 7.98. The minimum absolute atomic E-state index is 0.277. The zero-order chi connectivity index (χ0) is 13.8. The highest BCUT2D eigenvalue weighted by Gasteiger charge is 2.13. The molecule has 0 spiro atoms. The van der Waals surface area contributed by atoms with Crippen molar-refractivity contribution in [3.05, 3.63) is 17.5 Å². The molecule has 0 radical (unpaired) electrons. The number of nitrogens with zero attached hydrogens (tertiary/aromatic N) is 5. The summed E-state index contributed by atoms with van der Waals surface area (Å²) >= 11 is 1.54. The standard InChI is InChI=1S/C11H18N6OS/c1-7(2)10-13-9(18-16-10)6-19-11-15-14-8(5-12-3)17(11)4/h7,12H,5-6H2,1-4H3. The fourth-order valence-electron chi connectivity index (χ4n) is 1.47. The van der Waals surface area contributed by atoms with Gasteiger partial charge in [0.25, 0.3) is 0 Å². The molecule has 0 saturated carbocycles. The van der Waals surface area contributed by atoms with Crippen molar-refractivity contribution in [3.63, 3.8) is 0 Å². The summed E-state index contributed by atoms with van der Waals surface area (Å²) in [4.78, 5) is 4.33. The van der Waals surface area contributed by atoms with Crippen molar-refractivity contribution in [3.8, 4) is 0 Å². The van der Waals surface area contributed by atoms with Gasteiger partial charge in [0, 0.05) is 13.0 Å². The van der Waals surface area contributed by atoms with Gasteiger partial charge in [0.1, 0.15) is 5.82 Å². The van der Waals surface area contributed by atoms with E-state index < -0.39 is 0 Å². The minimum Gasteiger partial charge on any atom is -0.338 e. The van der Waals surface area contributed by atoms with E-state index in [4.69, 9.17) is 4.52 Å². The highest BCUT2D eigenvalue weighted by atomic mass is 32.2. The summed E-state index contributed by atoms with van der Waals surface area (Å²) in [5.41, 5.74) is 0. The molecular weight excluding hydrogens is 264 g/mol. The molecule has 8 heteroatoms. The summed E-state index contributed by atoms with van der Waals surface area (Å²) in [6.45, 7) is 4.77. The van der Waals surface area contributed by atoms with Crippen LogP contribution in [0.1, 0.15) is 37.3 Å². The Bertz CT molecular complexity index is 535. The van der Waals surface area contributed by atoms with E-state index >= 15 is 0 Å². The highest BCUT2D eigenvalue weighted by Crippen LogP contribution is 2.21. The lowest BCUT2D eigenvalue weighted by atomic mass is 10.2. The Hall–Kier alpha value is -1.41. The second kappa shape index (κ2) is 6.16. The first kappa shape index (κ1) is 14.0. The summed E-state index contributed by atoms with van der Waals surface area (Å²) in [5, 5.41) is 16.1. The molecule has 0 amide bonds. The molecule has 2 aromatic rings. The number of thioether (sulfide) groups is 1. The van der Waals surface area contributed by atoms with E-state index in [1.54, 1.807) is 0 Å². The molecule has 0 aliphatic heterocycles. The van der Waals surface area contributed by atoms with Crippen molar-refractivity contribution in [1.82, 2.24) is 30.2 Å². The van der Waals surface area contributed by atoms with Gasteiger partial charge in [-0.2, -0.15) is 4.98 Å². The molecule has 19 heavy (non-hydrogen) atoms. The van der Waals surface area contributed by atoms with Gasteiger partial charge in [-0.3, -0.25) is 0 Å². The number of hydrogen-bond acceptors (Lipinski definition) is 7. The zero-order valence-corrected chi connectivity index (χ0v) is 12.4. The van der Waals surface area contributed by atoms with E-state index in [-0.39, 0.29) is 5.92 Å². The molecule has 0 aliphatic carbocycles. The quantitative estimate of drug-likeness (QED) is 0.800. The molecule has 104 valence electrons. The summed E-state index contributed by atoms with van der Waals surface area (Å²) in [7, 11) is 3.83. The molecule has 0 bridgehead atoms. The Labute approximate surface area is 116 Å². The van der Waals surface area contributed by atoms with Crippen molar-refractivity contribution in [1.29, 1.82) is 0 Å². The number of nitrogens with one attached hydrogen (secondary N) is 1. The van der Waals surface area contributed by atoms with Crippen molar-refractivity contribution in [2.45, 2.75) is 37.2 Å². The molecule has 7 nitrogen and oxygen atoms in total. The van der Waals surface area contributed by atoms with Crippen LogP contribution in [0.2, 0.25) is 0 Å².